The Kier molecular flexibility index (Phi) is 6.33. The number of aryl methyl sites for hydroxylation is 2. The van der Waals surface area contributed by atoms with Gasteiger partial charge in [0.2, 0.25) is 16.0 Å². The third-order valence-corrected chi connectivity index (χ3v) is 5.12. The summed E-state index contributed by atoms with van der Waals surface area (Å²) >= 11 is 0. The van der Waals surface area contributed by atoms with Crippen LogP contribution in [0.4, 0.5) is 27.5 Å². The van der Waals surface area contributed by atoms with Crippen LogP contribution in [0.25, 0.3) is 0 Å². The van der Waals surface area contributed by atoms with Gasteiger partial charge in [0.05, 0.1) is 11.1 Å². The second-order valence-corrected chi connectivity index (χ2v) is 8.16. The highest BCUT2D eigenvalue weighted by molar-refractivity contribution is 7.89. The number of ether oxygens (including phenoxy) is 1. The molecule has 0 aliphatic rings. The van der Waals surface area contributed by atoms with Crippen molar-refractivity contribution in [3.05, 3.63) is 59.5 Å². The van der Waals surface area contributed by atoms with Gasteiger partial charge in [-0.2, -0.15) is 10.2 Å². The maximum atomic E-state index is 14.3. The second kappa shape index (κ2) is 8.95. The number of hydrogen-bond acceptors (Lipinski definition) is 8. The number of nitriles is 1. The molecule has 0 aliphatic carbocycles. The molecule has 0 fully saturated rings. The Hall–Kier alpha value is -3.75. The van der Waals surface area contributed by atoms with Crippen molar-refractivity contribution in [1.29, 1.82) is 5.26 Å². The summed E-state index contributed by atoms with van der Waals surface area (Å²) in [5.74, 6) is -0.00591. The highest BCUT2D eigenvalue weighted by Crippen LogP contribution is 2.29. The van der Waals surface area contributed by atoms with Gasteiger partial charge < -0.3 is 15.4 Å². The van der Waals surface area contributed by atoms with Crippen molar-refractivity contribution in [2.24, 2.45) is 5.14 Å². The predicted molar refractivity (Wildman–Crippen MR) is 113 cm³/mol. The van der Waals surface area contributed by atoms with Crippen LogP contribution in [0.3, 0.4) is 0 Å². The van der Waals surface area contributed by atoms with E-state index in [1.54, 1.807) is 12.1 Å². The van der Waals surface area contributed by atoms with Crippen LogP contribution in [-0.4, -0.2) is 25.0 Å². The Morgan fingerprint density at radius 3 is 2.35 bits per heavy atom. The van der Waals surface area contributed by atoms with Crippen LogP contribution >= 0.6 is 0 Å². The number of aromatic nitrogens is 2. The van der Waals surface area contributed by atoms with E-state index in [-0.39, 0.29) is 23.3 Å². The number of nitrogens with zero attached hydrogens (tertiary/aromatic N) is 3. The molecule has 160 valence electrons. The molecule has 1 aromatic heterocycles. The van der Waals surface area contributed by atoms with Crippen LogP contribution < -0.4 is 20.5 Å². The molecular formula is C20H19FN6O3S. The molecule has 0 aliphatic heterocycles. The fraction of sp³-hybridized carbons (Fsp3) is 0.150. The smallest absolute Gasteiger partial charge is 0.238 e. The van der Waals surface area contributed by atoms with Gasteiger partial charge in [0, 0.05) is 11.4 Å². The van der Waals surface area contributed by atoms with E-state index in [9.17, 15) is 12.8 Å². The molecule has 0 atom stereocenters. The van der Waals surface area contributed by atoms with E-state index in [0.29, 0.717) is 17.1 Å². The van der Waals surface area contributed by atoms with Crippen molar-refractivity contribution in [3.63, 3.8) is 0 Å². The zero-order valence-electron chi connectivity index (χ0n) is 16.7. The standard InChI is InChI=1S/C20H19FN6O3S/c1-12-9-15(10-13(2)18(12)30-8-7-22)25-19-17(21)11-24-20(27-19)26-14-3-5-16(6-4-14)31(23,28)29/h3-6,9-11H,8H2,1-2H3,(H2,23,28,29)(H2,24,25,26,27). The Morgan fingerprint density at radius 2 is 1.77 bits per heavy atom. The molecule has 31 heavy (non-hydrogen) atoms. The van der Waals surface area contributed by atoms with Crippen molar-refractivity contribution in [2.75, 3.05) is 17.2 Å². The second-order valence-electron chi connectivity index (χ2n) is 6.60. The van der Waals surface area contributed by atoms with Gasteiger partial charge in [-0.25, -0.2) is 22.9 Å². The molecule has 2 aromatic carbocycles. The Labute approximate surface area is 178 Å². The van der Waals surface area contributed by atoms with E-state index in [4.69, 9.17) is 15.1 Å². The normalized spacial score (nSPS) is 10.9. The molecule has 0 amide bonds. The topological polar surface area (TPSA) is 143 Å². The molecular weight excluding hydrogens is 423 g/mol. The molecule has 3 aromatic rings. The number of anilines is 4. The number of rotatable bonds is 7. The maximum Gasteiger partial charge on any atom is 0.238 e. The molecule has 11 heteroatoms. The number of benzene rings is 2. The predicted octanol–water partition coefficient (Wildman–Crippen LogP) is 3.27. The van der Waals surface area contributed by atoms with E-state index in [1.807, 2.05) is 19.9 Å². The highest BCUT2D eigenvalue weighted by atomic mass is 32.2. The summed E-state index contributed by atoms with van der Waals surface area (Å²) < 4.78 is 42.4. The van der Waals surface area contributed by atoms with E-state index in [2.05, 4.69) is 20.6 Å². The van der Waals surface area contributed by atoms with Crippen LogP contribution in [0.15, 0.2) is 47.5 Å². The van der Waals surface area contributed by atoms with E-state index in [0.717, 1.165) is 17.3 Å². The van der Waals surface area contributed by atoms with E-state index < -0.39 is 15.8 Å². The summed E-state index contributed by atoms with van der Waals surface area (Å²) in [6.07, 6.45) is 1.01. The van der Waals surface area contributed by atoms with Gasteiger partial charge in [0.1, 0.15) is 11.8 Å². The van der Waals surface area contributed by atoms with Crippen LogP contribution in [0.2, 0.25) is 0 Å². The van der Waals surface area contributed by atoms with Crippen molar-refractivity contribution in [3.8, 4) is 11.8 Å². The van der Waals surface area contributed by atoms with Crippen LogP contribution in [-0.2, 0) is 10.0 Å². The average molecular weight is 442 g/mol. The third-order valence-electron chi connectivity index (χ3n) is 4.19. The van der Waals surface area contributed by atoms with Gasteiger partial charge in [-0.3, -0.25) is 0 Å². The van der Waals surface area contributed by atoms with Crippen molar-refractivity contribution >= 4 is 33.2 Å². The first-order valence-electron chi connectivity index (χ1n) is 8.98. The first-order chi connectivity index (χ1) is 14.7. The molecule has 3 rings (SSSR count). The molecule has 0 spiro atoms. The number of sulfonamides is 1. The lowest BCUT2D eigenvalue weighted by atomic mass is 10.1. The lowest BCUT2D eigenvalue weighted by Crippen LogP contribution is -2.11. The van der Waals surface area contributed by atoms with Gasteiger partial charge in [0.15, 0.2) is 18.2 Å². The summed E-state index contributed by atoms with van der Waals surface area (Å²) in [6.45, 7) is 3.57. The molecule has 4 N–H and O–H groups in total. The number of nitrogens with one attached hydrogen (secondary N) is 2. The molecule has 0 bridgehead atoms. The molecule has 0 unspecified atom stereocenters. The molecule has 9 nitrogen and oxygen atoms in total. The van der Waals surface area contributed by atoms with E-state index in [1.165, 1.54) is 24.3 Å². The fourth-order valence-electron chi connectivity index (χ4n) is 2.86. The summed E-state index contributed by atoms with van der Waals surface area (Å²) in [5, 5.41) is 19.6. The van der Waals surface area contributed by atoms with Gasteiger partial charge in [-0.15, -0.1) is 0 Å². The van der Waals surface area contributed by atoms with Crippen molar-refractivity contribution in [2.45, 2.75) is 18.7 Å². The Balaban J connectivity index is 1.81. The van der Waals surface area contributed by atoms with Crippen LogP contribution in [0.5, 0.6) is 5.75 Å². The largest absolute Gasteiger partial charge is 0.478 e. The molecule has 1 heterocycles. The monoisotopic (exact) mass is 442 g/mol. The minimum Gasteiger partial charge on any atom is -0.478 e. The molecule has 0 saturated heterocycles. The Bertz CT molecular complexity index is 1230. The first kappa shape index (κ1) is 21.9. The number of hydrogen-bond donors (Lipinski definition) is 3. The summed E-state index contributed by atoms with van der Waals surface area (Å²) in [5.41, 5.74) is 2.64. The number of halogens is 1. The van der Waals surface area contributed by atoms with Crippen LogP contribution in [0.1, 0.15) is 11.1 Å². The molecule has 0 radical (unpaired) electrons. The highest BCUT2D eigenvalue weighted by Gasteiger charge is 2.12. The van der Waals surface area contributed by atoms with Crippen molar-refractivity contribution in [1.82, 2.24) is 9.97 Å². The third kappa shape index (κ3) is 5.44. The van der Waals surface area contributed by atoms with E-state index >= 15 is 0 Å². The van der Waals surface area contributed by atoms with Gasteiger partial charge in [-0.05, 0) is 61.4 Å². The average Bonchev–Trinajstić information content (AvgIpc) is 2.70. The summed E-state index contributed by atoms with van der Waals surface area (Å²) in [6, 6.07) is 11.1. The lowest BCUT2D eigenvalue weighted by molar-refractivity contribution is 0.363. The first-order valence-corrected chi connectivity index (χ1v) is 10.5. The van der Waals surface area contributed by atoms with Gasteiger partial charge in [0.25, 0.3) is 0 Å². The Morgan fingerprint density at radius 1 is 1.13 bits per heavy atom. The summed E-state index contributed by atoms with van der Waals surface area (Å²) in [7, 11) is -3.80. The zero-order valence-corrected chi connectivity index (χ0v) is 17.5. The number of nitrogens with two attached hydrogens (primary N) is 1. The minimum absolute atomic E-state index is 0.0339. The quantitative estimate of drug-likeness (QED) is 0.506. The van der Waals surface area contributed by atoms with Crippen LogP contribution in [0, 0.1) is 31.0 Å². The van der Waals surface area contributed by atoms with Crippen molar-refractivity contribution < 1.29 is 17.5 Å². The van der Waals surface area contributed by atoms with Gasteiger partial charge >= 0.3 is 0 Å². The fourth-order valence-corrected chi connectivity index (χ4v) is 3.38. The lowest BCUT2D eigenvalue weighted by Gasteiger charge is -2.14. The number of primary sulfonamides is 1. The van der Waals surface area contributed by atoms with Gasteiger partial charge in [-0.1, -0.05) is 0 Å². The molecule has 0 saturated carbocycles. The maximum absolute atomic E-state index is 14.3. The minimum atomic E-state index is -3.80. The summed E-state index contributed by atoms with van der Waals surface area (Å²) in [4.78, 5) is 8.01. The SMILES string of the molecule is Cc1cc(Nc2nc(Nc3ccc(S(N)(=O)=O)cc3)ncc2F)cc(C)c1OCC#N. The zero-order chi connectivity index (χ0) is 22.6.